The van der Waals surface area contributed by atoms with E-state index in [1.807, 2.05) is 0 Å². The average molecular weight is 236 g/mol. The number of urea groups is 1. The highest BCUT2D eigenvalue weighted by Gasteiger charge is 2.36. The molecule has 0 aromatic heterocycles. The van der Waals surface area contributed by atoms with Crippen LogP contribution in [0.15, 0.2) is 0 Å². The lowest BCUT2D eigenvalue weighted by Crippen LogP contribution is -2.64. The lowest BCUT2D eigenvalue weighted by atomic mass is 10.2. The first-order chi connectivity index (χ1) is 5.57. The molecule has 1 saturated heterocycles. The van der Waals surface area contributed by atoms with Gasteiger partial charge in [0.1, 0.15) is 11.0 Å². The summed E-state index contributed by atoms with van der Waals surface area (Å²) in [6, 6.07) is -0.425. The summed E-state index contributed by atoms with van der Waals surface area (Å²) >= 11 is 3.10. The van der Waals surface area contributed by atoms with Gasteiger partial charge < -0.3 is 10.6 Å². The molecule has 2 unspecified atom stereocenters. The molecule has 2 atom stereocenters. The molecule has 1 heterocycles. The lowest BCUT2D eigenvalue weighted by Gasteiger charge is -2.34. The molecule has 0 aromatic carbocycles. The van der Waals surface area contributed by atoms with E-state index in [0.29, 0.717) is 6.54 Å². The fraction of sp³-hybridized carbons (Fsp3) is 0.667. The van der Waals surface area contributed by atoms with Crippen molar-refractivity contribution in [2.45, 2.75) is 17.9 Å². The van der Waals surface area contributed by atoms with Crippen molar-refractivity contribution in [2.75, 3.05) is 6.54 Å². The minimum absolute atomic E-state index is 0.378. The van der Waals surface area contributed by atoms with E-state index >= 15 is 0 Å². The van der Waals surface area contributed by atoms with E-state index in [1.54, 1.807) is 6.92 Å². The normalized spacial score (nSPS) is 30.4. The first-order valence-electron chi connectivity index (χ1n) is 3.59. The van der Waals surface area contributed by atoms with Crippen molar-refractivity contribution in [3.63, 3.8) is 0 Å². The number of carbonyl (C=O) groups excluding carboxylic acids is 2. The molecule has 0 saturated carbocycles. The summed E-state index contributed by atoms with van der Waals surface area (Å²) in [7, 11) is 0. The van der Waals surface area contributed by atoms with E-state index in [0.717, 1.165) is 0 Å². The Morgan fingerprint density at radius 2 is 2.25 bits per heavy atom. The summed E-state index contributed by atoms with van der Waals surface area (Å²) in [6.07, 6.45) is -0.573. The predicted octanol–water partition coefficient (Wildman–Crippen LogP) is -0.394. The topological polar surface area (TPSA) is 75.4 Å². The van der Waals surface area contributed by atoms with Crippen LogP contribution >= 0.6 is 15.9 Å². The molecule has 0 bridgehead atoms. The van der Waals surface area contributed by atoms with Crippen LogP contribution in [0.1, 0.15) is 6.92 Å². The van der Waals surface area contributed by atoms with Gasteiger partial charge in [0.05, 0.1) is 0 Å². The Kier molecular flexibility index (Phi) is 2.69. The molecule has 6 heteroatoms. The summed E-state index contributed by atoms with van der Waals surface area (Å²) in [6.45, 7) is 2.29. The number of imide groups is 1. The third-order valence-corrected chi connectivity index (χ3v) is 2.70. The molecule has 1 fully saturated rings. The fourth-order valence-electron chi connectivity index (χ4n) is 1.05. The van der Waals surface area contributed by atoms with Gasteiger partial charge in [-0.15, -0.1) is 0 Å². The number of hydrogen-bond donors (Lipinski definition) is 2. The highest BCUT2D eigenvalue weighted by Crippen LogP contribution is 2.13. The van der Waals surface area contributed by atoms with Crippen LogP contribution in [0.25, 0.3) is 0 Å². The van der Waals surface area contributed by atoms with Gasteiger partial charge in [0, 0.05) is 6.54 Å². The molecule has 0 spiro atoms. The van der Waals surface area contributed by atoms with Gasteiger partial charge in [-0.1, -0.05) is 15.9 Å². The average Bonchev–Trinajstić information content (AvgIpc) is 2.01. The Balaban J connectivity index is 2.79. The monoisotopic (exact) mass is 235 g/mol. The third kappa shape index (κ3) is 1.44. The summed E-state index contributed by atoms with van der Waals surface area (Å²) in [4.78, 5) is 22.9. The van der Waals surface area contributed by atoms with Crippen LogP contribution in [-0.2, 0) is 4.79 Å². The van der Waals surface area contributed by atoms with E-state index in [-0.39, 0.29) is 5.91 Å². The van der Waals surface area contributed by atoms with Crippen molar-refractivity contribution in [3.8, 4) is 0 Å². The number of carbonyl (C=O) groups is 2. The summed E-state index contributed by atoms with van der Waals surface area (Å²) < 4.78 is 0. The van der Waals surface area contributed by atoms with Crippen molar-refractivity contribution in [1.82, 2.24) is 10.2 Å². The molecule has 1 aliphatic heterocycles. The standard InChI is InChI=1S/C6H10BrN3O2/c1-2-10-4(8)3(7)5(11)9-6(10)12/h3-4H,2,8H2,1H3,(H,9,11,12). The van der Waals surface area contributed by atoms with Crippen LogP contribution in [0.4, 0.5) is 4.79 Å². The summed E-state index contributed by atoms with van der Waals surface area (Å²) in [5.41, 5.74) is 5.61. The van der Waals surface area contributed by atoms with Crippen LogP contribution in [0, 0.1) is 0 Å². The quantitative estimate of drug-likeness (QED) is 0.608. The molecule has 1 rings (SSSR count). The zero-order chi connectivity index (χ0) is 9.30. The minimum Gasteiger partial charge on any atom is -0.310 e. The van der Waals surface area contributed by atoms with Crippen LogP contribution in [0.2, 0.25) is 0 Å². The predicted molar refractivity (Wildman–Crippen MR) is 46.6 cm³/mol. The summed E-state index contributed by atoms with van der Waals surface area (Å²) in [5, 5.41) is 2.18. The highest BCUT2D eigenvalue weighted by atomic mass is 79.9. The van der Waals surface area contributed by atoms with Crippen LogP contribution in [0.3, 0.4) is 0 Å². The molecule has 0 radical (unpaired) electrons. The molecule has 68 valence electrons. The largest absolute Gasteiger partial charge is 0.325 e. The molecule has 3 N–H and O–H groups in total. The number of nitrogens with two attached hydrogens (primary N) is 1. The van der Waals surface area contributed by atoms with E-state index in [9.17, 15) is 9.59 Å². The van der Waals surface area contributed by atoms with Crippen LogP contribution in [0.5, 0.6) is 0 Å². The van der Waals surface area contributed by atoms with Crippen LogP contribution < -0.4 is 11.1 Å². The van der Waals surface area contributed by atoms with Gasteiger partial charge in [-0.25, -0.2) is 4.79 Å². The van der Waals surface area contributed by atoms with Gasteiger partial charge in [0.2, 0.25) is 5.91 Å². The molecule has 5 nitrogen and oxygen atoms in total. The SMILES string of the molecule is CCN1C(=O)NC(=O)C(Br)C1N. The van der Waals surface area contributed by atoms with Gasteiger partial charge in [-0.3, -0.25) is 10.1 Å². The number of halogens is 1. The molecule has 3 amide bonds. The highest BCUT2D eigenvalue weighted by molar-refractivity contribution is 9.10. The van der Waals surface area contributed by atoms with Gasteiger partial charge in [0.15, 0.2) is 0 Å². The van der Waals surface area contributed by atoms with Crippen molar-refractivity contribution < 1.29 is 9.59 Å². The van der Waals surface area contributed by atoms with Gasteiger partial charge in [0.25, 0.3) is 0 Å². The number of alkyl halides is 1. The molecule has 1 aliphatic rings. The third-order valence-electron chi connectivity index (χ3n) is 1.74. The van der Waals surface area contributed by atoms with E-state index in [1.165, 1.54) is 4.90 Å². The Labute approximate surface area is 78.4 Å². The second-order valence-electron chi connectivity index (χ2n) is 2.47. The maximum absolute atomic E-state index is 11.1. The first-order valence-corrected chi connectivity index (χ1v) is 4.50. The second-order valence-corrected chi connectivity index (χ2v) is 3.46. The molecule has 0 aromatic rings. The number of rotatable bonds is 1. The Morgan fingerprint density at radius 3 is 2.75 bits per heavy atom. The molecule has 0 aliphatic carbocycles. The zero-order valence-corrected chi connectivity index (χ0v) is 8.17. The smallest absolute Gasteiger partial charge is 0.310 e. The molecular formula is C6H10BrN3O2. The van der Waals surface area contributed by atoms with Gasteiger partial charge in [-0.05, 0) is 6.92 Å². The second kappa shape index (κ2) is 3.40. The number of nitrogens with one attached hydrogen (secondary N) is 1. The Hall–Kier alpha value is -0.620. The van der Waals surface area contributed by atoms with E-state index < -0.39 is 17.0 Å². The van der Waals surface area contributed by atoms with Gasteiger partial charge in [-0.2, -0.15) is 0 Å². The number of amides is 3. The number of hydrogen-bond acceptors (Lipinski definition) is 3. The lowest BCUT2D eigenvalue weighted by molar-refractivity contribution is -0.121. The Morgan fingerprint density at radius 1 is 1.67 bits per heavy atom. The summed E-state index contributed by atoms with van der Waals surface area (Å²) in [5.74, 6) is -0.378. The van der Waals surface area contributed by atoms with E-state index in [4.69, 9.17) is 5.73 Å². The van der Waals surface area contributed by atoms with Crippen molar-refractivity contribution in [2.24, 2.45) is 5.73 Å². The van der Waals surface area contributed by atoms with E-state index in [2.05, 4.69) is 21.2 Å². The van der Waals surface area contributed by atoms with Crippen molar-refractivity contribution in [3.05, 3.63) is 0 Å². The fourth-order valence-corrected chi connectivity index (χ4v) is 1.45. The molecular weight excluding hydrogens is 226 g/mol. The maximum atomic E-state index is 11.1. The Bertz CT molecular complexity index is 221. The maximum Gasteiger partial charge on any atom is 0.325 e. The van der Waals surface area contributed by atoms with Gasteiger partial charge >= 0.3 is 6.03 Å². The zero-order valence-electron chi connectivity index (χ0n) is 6.58. The first kappa shape index (κ1) is 9.47. The van der Waals surface area contributed by atoms with Crippen LogP contribution in [-0.4, -0.2) is 34.4 Å². The number of nitrogens with zero attached hydrogens (tertiary/aromatic N) is 1. The van der Waals surface area contributed by atoms with Crippen molar-refractivity contribution >= 4 is 27.9 Å². The molecule has 12 heavy (non-hydrogen) atoms. The minimum atomic E-state index is -0.573. The van der Waals surface area contributed by atoms with Crippen molar-refractivity contribution in [1.29, 1.82) is 0 Å².